The number of likely N-dealkylation sites (N-methyl/N-ethyl adjacent to an activating group) is 1. The van der Waals surface area contributed by atoms with E-state index in [2.05, 4.69) is 5.32 Å². The van der Waals surface area contributed by atoms with Crippen molar-refractivity contribution >= 4 is 5.91 Å². The van der Waals surface area contributed by atoms with Crippen LogP contribution in [0.1, 0.15) is 24.8 Å². The summed E-state index contributed by atoms with van der Waals surface area (Å²) in [5.74, 6) is -1.50. The lowest BCUT2D eigenvalue weighted by Gasteiger charge is -2.36. The van der Waals surface area contributed by atoms with Crippen LogP contribution in [0.5, 0.6) is 0 Å². The molecule has 1 aliphatic heterocycles. The molecule has 1 aliphatic rings. The Morgan fingerprint density at radius 1 is 1.35 bits per heavy atom. The molecule has 0 spiro atoms. The van der Waals surface area contributed by atoms with Crippen molar-refractivity contribution in [2.75, 3.05) is 20.1 Å². The number of likely N-dealkylation sites (tertiary alicyclic amines) is 1. The zero-order valence-corrected chi connectivity index (χ0v) is 11.7. The second-order valence-corrected chi connectivity index (χ2v) is 5.17. The summed E-state index contributed by atoms with van der Waals surface area (Å²) >= 11 is 0. The number of carbonyl (C=O) groups is 1. The van der Waals surface area contributed by atoms with Gasteiger partial charge in [0.1, 0.15) is 11.6 Å². The maximum Gasteiger partial charge on any atom is 0.227 e. The highest BCUT2D eigenvalue weighted by Crippen LogP contribution is 2.20. The SMILES string of the molecule is CNCC1CCCCN1C(=O)Cc1c(F)cccc1F. The number of hydrogen-bond acceptors (Lipinski definition) is 2. The first kappa shape index (κ1) is 14.9. The molecule has 1 unspecified atom stereocenters. The van der Waals surface area contributed by atoms with Gasteiger partial charge in [0.05, 0.1) is 6.42 Å². The monoisotopic (exact) mass is 282 g/mol. The van der Waals surface area contributed by atoms with Gasteiger partial charge >= 0.3 is 0 Å². The molecular formula is C15H20F2N2O. The van der Waals surface area contributed by atoms with Gasteiger partial charge in [0.15, 0.2) is 0 Å². The Bertz CT molecular complexity index is 457. The third-order valence-electron chi connectivity index (χ3n) is 3.78. The number of benzene rings is 1. The summed E-state index contributed by atoms with van der Waals surface area (Å²) in [5.41, 5.74) is -0.133. The van der Waals surface area contributed by atoms with Crippen molar-refractivity contribution in [1.82, 2.24) is 10.2 Å². The van der Waals surface area contributed by atoms with Gasteiger partial charge in [0.25, 0.3) is 0 Å². The molecule has 1 aromatic rings. The third-order valence-corrected chi connectivity index (χ3v) is 3.78. The number of nitrogens with one attached hydrogen (secondary N) is 1. The van der Waals surface area contributed by atoms with Gasteiger partial charge in [-0.05, 0) is 38.4 Å². The average molecular weight is 282 g/mol. The molecule has 1 amide bonds. The highest BCUT2D eigenvalue weighted by molar-refractivity contribution is 5.79. The maximum absolute atomic E-state index is 13.6. The summed E-state index contributed by atoms with van der Waals surface area (Å²) in [6.07, 6.45) is 2.76. The molecular weight excluding hydrogens is 262 g/mol. The minimum Gasteiger partial charge on any atom is -0.338 e. The molecule has 1 fully saturated rings. The van der Waals surface area contributed by atoms with Gasteiger partial charge in [-0.1, -0.05) is 6.07 Å². The quantitative estimate of drug-likeness (QED) is 0.917. The maximum atomic E-state index is 13.6. The van der Waals surface area contributed by atoms with Crippen molar-refractivity contribution in [2.24, 2.45) is 0 Å². The Balaban J connectivity index is 2.10. The fraction of sp³-hybridized carbons (Fsp3) is 0.533. The molecule has 1 aromatic carbocycles. The summed E-state index contributed by atoms with van der Waals surface area (Å²) in [4.78, 5) is 14.1. The lowest BCUT2D eigenvalue weighted by atomic mass is 10.0. The minimum atomic E-state index is -0.652. The lowest BCUT2D eigenvalue weighted by Crippen LogP contribution is -2.48. The Morgan fingerprint density at radius 2 is 2.05 bits per heavy atom. The Kier molecular flexibility index (Phi) is 5.06. The number of carbonyl (C=O) groups excluding carboxylic acids is 1. The fourth-order valence-electron chi connectivity index (χ4n) is 2.73. The molecule has 0 aliphatic carbocycles. The number of amides is 1. The first-order valence-corrected chi connectivity index (χ1v) is 7.00. The van der Waals surface area contributed by atoms with Crippen LogP contribution in [0.3, 0.4) is 0 Å². The molecule has 0 bridgehead atoms. The zero-order valence-electron chi connectivity index (χ0n) is 11.7. The minimum absolute atomic E-state index is 0.121. The topological polar surface area (TPSA) is 32.3 Å². The van der Waals surface area contributed by atoms with Crippen LogP contribution in [0.15, 0.2) is 18.2 Å². The molecule has 0 saturated carbocycles. The molecule has 110 valence electrons. The van der Waals surface area contributed by atoms with Crippen molar-refractivity contribution in [3.8, 4) is 0 Å². The van der Waals surface area contributed by atoms with Gasteiger partial charge in [0, 0.05) is 24.7 Å². The van der Waals surface area contributed by atoms with Crippen molar-refractivity contribution in [3.05, 3.63) is 35.4 Å². The molecule has 5 heteroatoms. The van der Waals surface area contributed by atoms with Gasteiger partial charge < -0.3 is 10.2 Å². The summed E-state index contributed by atoms with van der Waals surface area (Å²) in [6, 6.07) is 3.81. The predicted octanol–water partition coefficient (Wildman–Crippen LogP) is 2.11. The second-order valence-electron chi connectivity index (χ2n) is 5.17. The van der Waals surface area contributed by atoms with Crippen LogP contribution < -0.4 is 5.32 Å². The fourth-order valence-corrected chi connectivity index (χ4v) is 2.73. The molecule has 2 rings (SSSR count). The molecule has 0 aromatic heterocycles. The first-order chi connectivity index (χ1) is 9.63. The summed E-state index contributed by atoms with van der Waals surface area (Å²) in [6.45, 7) is 1.38. The van der Waals surface area contributed by atoms with E-state index in [4.69, 9.17) is 0 Å². The van der Waals surface area contributed by atoms with E-state index < -0.39 is 11.6 Å². The molecule has 0 radical (unpaired) electrons. The molecule has 3 nitrogen and oxygen atoms in total. The van der Waals surface area contributed by atoms with E-state index in [1.165, 1.54) is 18.2 Å². The molecule has 1 atom stereocenters. The van der Waals surface area contributed by atoms with Gasteiger partial charge in [-0.15, -0.1) is 0 Å². The number of rotatable bonds is 4. The number of halogens is 2. The van der Waals surface area contributed by atoms with Gasteiger partial charge in [-0.2, -0.15) is 0 Å². The zero-order chi connectivity index (χ0) is 14.5. The largest absolute Gasteiger partial charge is 0.338 e. The Morgan fingerprint density at radius 3 is 2.70 bits per heavy atom. The average Bonchev–Trinajstić information content (AvgIpc) is 2.44. The van der Waals surface area contributed by atoms with E-state index in [-0.39, 0.29) is 23.9 Å². The van der Waals surface area contributed by atoms with Crippen molar-refractivity contribution in [3.63, 3.8) is 0 Å². The van der Waals surface area contributed by atoms with Crippen molar-refractivity contribution in [1.29, 1.82) is 0 Å². The van der Waals surface area contributed by atoms with Gasteiger partial charge in [0.2, 0.25) is 5.91 Å². The summed E-state index contributed by atoms with van der Waals surface area (Å²) < 4.78 is 27.2. The Hall–Kier alpha value is -1.49. The summed E-state index contributed by atoms with van der Waals surface area (Å²) in [7, 11) is 1.84. The van der Waals surface area contributed by atoms with E-state index in [1.807, 2.05) is 7.05 Å². The highest BCUT2D eigenvalue weighted by Gasteiger charge is 2.27. The first-order valence-electron chi connectivity index (χ1n) is 7.00. The van der Waals surface area contributed by atoms with Crippen LogP contribution in [0, 0.1) is 11.6 Å². The van der Waals surface area contributed by atoms with E-state index in [0.717, 1.165) is 19.3 Å². The van der Waals surface area contributed by atoms with Crippen LogP contribution in [0.25, 0.3) is 0 Å². The smallest absolute Gasteiger partial charge is 0.227 e. The van der Waals surface area contributed by atoms with Gasteiger partial charge in [-0.25, -0.2) is 8.78 Å². The molecule has 20 heavy (non-hydrogen) atoms. The van der Waals surface area contributed by atoms with Crippen LogP contribution >= 0.6 is 0 Å². The molecule has 1 saturated heterocycles. The van der Waals surface area contributed by atoms with Gasteiger partial charge in [-0.3, -0.25) is 4.79 Å². The van der Waals surface area contributed by atoms with Crippen LogP contribution in [0.2, 0.25) is 0 Å². The van der Waals surface area contributed by atoms with Crippen LogP contribution in [-0.2, 0) is 11.2 Å². The van der Waals surface area contributed by atoms with E-state index in [0.29, 0.717) is 13.1 Å². The van der Waals surface area contributed by atoms with E-state index in [1.54, 1.807) is 4.90 Å². The number of nitrogens with zero attached hydrogens (tertiary/aromatic N) is 1. The van der Waals surface area contributed by atoms with E-state index >= 15 is 0 Å². The highest BCUT2D eigenvalue weighted by atomic mass is 19.1. The summed E-state index contributed by atoms with van der Waals surface area (Å²) in [5, 5.41) is 3.07. The number of hydrogen-bond donors (Lipinski definition) is 1. The standard InChI is InChI=1S/C15H20F2N2O/c1-18-10-11-5-2-3-8-19(11)15(20)9-12-13(16)6-4-7-14(12)17/h4,6-7,11,18H,2-3,5,8-10H2,1H3. The predicted molar refractivity (Wildman–Crippen MR) is 73.3 cm³/mol. The third kappa shape index (κ3) is 3.33. The van der Waals surface area contributed by atoms with Crippen molar-refractivity contribution in [2.45, 2.75) is 31.7 Å². The van der Waals surface area contributed by atoms with Crippen LogP contribution in [-0.4, -0.2) is 37.0 Å². The van der Waals surface area contributed by atoms with Crippen molar-refractivity contribution < 1.29 is 13.6 Å². The Labute approximate surface area is 118 Å². The number of piperidine rings is 1. The second kappa shape index (κ2) is 6.79. The van der Waals surface area contributed by atoms with E-state index in [9.17, 15) is 13.6 Å². The van der Waals surface area contributed by atoms with Crippen LogP contribution in [0.4, 0.5) is 8.78 Å². The normalized spacial score (nSPS) is 19.1. The lowest BCUT2D eigenvalue weighted by molar-refractivity contribution is -0.134. The molecule has 1 heterocycles. The molecule has 1 N–H and O–H groups in total.